The van der Waals surface area contributed by atoms with Crippen molar-refractivity contribution in [3.63, 3.8) is 0 Å². The summed E-state index contributed by atoms with van der Waals surface area (Å²) in [4.78, 5) is 36.7. The third kappa shape index (κ3) is 4.75. The first kappa shape index (κ1) is 20.0. The molecular formula is C19H19FN4O3S. The Labute approximate surface area is 165 Å². The van der Waals surface area contributed by atoms with Crippen molar-refractivity contribution in [2.24, 2.45) is 5.73 Å². The lowest BCUT2D eigenvalue weighted by Gasteiger charge is -2.35. The molecule has 1 heterocycles. The van der Waals surface area contributed by atoms with Crippen LogP contribution in [0, 0.1) is 5.82 Å². The average Bonchev–Trinajstić information content (AvgIpc) is 2.69. The molecular weight excluding hydrogens is 383 g/mol. The first-order chi connectivity index (χ1) is 13.5. The molecule has 3 atom stereocenters. The first-order valence-corrected chi connectivity index (χ1v) is 9.58. The summed E-state index contributed by atoms with van der Waals surface area (Å²) in [6, 6.07) is 13.2. The Bertz CT molecular complexity index is 880. The Hall–Kier alpha value is -2.75. The minimum absolute atomic E-state index is 0.0785. The maximum atomic E-state index is 13.7. The van der Waals surface area contributed by atoms with Crippen LogP contribution in [0.4, 0.5) is 4.39 Å². The second-order valence-electron chi connectivity index (χ2n) is 6.11. The molecule has 7 nitrogen and oxygen atoms in total. The molecule has 9 heteroatoms. The van der Waals surface area contributed by atoms with Crippen molar-refractivity contribution < 1.29 is 18.8 Å². The average molecular weight is 402 g/mol. The van der Waals surface area contributed by atoms with Gasteiger partial charge in [-0.05, 0) is 12.1 Å². The van der Waals surface area contributed by atoms with Crippen LogP contribution >= 0.6 is 11.8 Å². The standard InChI is InChI=1S/C19H19FN4O3S/c20-13-9-5-4-8-12(13)17(26)22-15-16(21)23-19(24-18(15)27)28-10-14(25)11-6-2-1-3-7-11/h1-9,15-16,19,23H,10,21H2,(H,22,26)(H,24,27). The van der Waals surface area contributed by atoms with E-state index in [0.717, 1.165) is 6.07 Å². The maximum absolute atomic E-state index is 13.7. The van der Waals surface area contributed by atoms with E-state index < -0.39 is 35.3 Å². The number of nitrogens with two attached hydrogens (primary N) is 1. The summed E-state index contributed by atoms with van der Waals surface area (Å²) in [5.74, 6) is -1.88. The topological polar surface area (TPSA) is 113 Å². The van der Waals surface area contributed by atoms with Gasteiger partial charge in [-0.1, -0.05) is 42.5 Å². The van der Waals surface area contributed by atoms with Gasteiger partial charge in [-0.15, -0.1) is 11.8 Å². The second kappa shape index (κ2) is 8.96. The van der Waals surface area contributed by atoms with E-state index in [1.807, 2.05) is 6.07 Å². The van der Waals surface area contributed by atoms with Crippen LogP contribution in [0.15, 0.2) is 54.6 Å². The number of hydrogen-bond acceptors (Lipinski definition) is 6. The van der Waals surface area contributed by atoms with Gasteiger partial charge in [0, 0.05) is 5.56 Å². The van der Waals surface area contributed by atoms with Crippen LogP contribution in [0.1, 0.15) is 20.7 Å². The molecule has 28 heavy (non-hydrogen) atoms. The number of halogens is 1. The Balaban J connectivity index is 1.55. The summed E-state index contributed by atoms with van der Waals surface area (Å²) in [5, 5.41) is 8.00. The fourth-order valence-electron chi connectivity index (χ4n) is 2.67. The van der Waals surface area contributed by atoms with Crippen LogP contribution < -0.4 is 21.7 Å². The van der Waals surface area contributed by atoms with Gasteiger partial charge in [0.1, 0.15) is 17.4 Å². The number of rotatable bonds is 6. The molecule has 146 valence electrons. The molecule has 0 aromatic heterocycles. The van der Waals surface area contributed by atoms with E-state index in [9.17, 15) is 18.8 Å². The number of nitrogens with one attached hydrogen (secondary N) is 3. The third-order valence-corrected chi connectivity index (χ3v) is 5.16. The molecule has 0 saturated carbocycles. The molecule has 2 amide bonds. The van der Waals surface area contributed by atoms with Crippen LogP contribution in [0.5, 0.6) is 0 Å². The lowest BCUT2D eigenvalue weighted by molar-refractivity contribution is -0.125. The Kier molecular flexibility index (Phi) is 6.40. The molecule has 1 aliphatic heterocycles. The molecule has 1 aliphatic rings. The predicted molar refractivity (Wildman–Crippen MR) is 104 cm³/mol. The molecule has 1 saturated heterocycles. The second-order valence-corrected chi connectivity index (χ2v) is 7.21. The Morgan fingerprint density at radius 2 is 1.79 bits per heavy atom. The molecule has 5 N–H and O–H groups in total. The van der Waals surface area contributed by atoms with Crippen molar-refractivity contribution in [1.82, 2.24) is 16.0 Å². The van der Waals surface area contributed by atoms with E-state index in [1.165, 1.54) is 30.0 Å². The number of ketones is 1. The number of hydrogen-bond donors (Lipinski definition) is 4. The number of carbonyl (C=O) groups is 3. The van der Waals surface area contributed by atoms with Gasteiger partial charge < -0.3 is 16.4 Å². The van der Waals surface area contributed by atoms with E-state index in [0.29, 0.717) is 5.56 Å². The highest BCUT2D eigenvalue weighted by Crippen LogP contribution is 2.14. The van der Waals surface area contributed by atoms with Crippen molar-refractivity contribution in [3.8, 4) is 0 Å². The lowest BCUT2D eigenvalue weighted by atomic mass is 10.1. The molecule has 2 aromatic carbocycles. The number of amides is 2. The highest BCUT2D eigenvalue weighted by molar-refractivity contribution is 8.00. The van der Waals surface area contributed by atoms with Crippen LogP contribution in [0.3, 0.4) is 0 Å². The maximum Gasteiger partial charge on any atom is 0.254 e. The zero-order valence-corrected chi connectivity index (χ0v) is 15.5. The molecule has 3 rings (SSSR count). The van der Waals surface area contributed by atoms with Gasteiger partial charge in [0.2, 0.25) is 5.91 Å². The zero-order chi connectivity index (χ0) is 20.1. The summed E-state index contributed by atoms with van der Waals surface area (Å²) in [7, 11) is 0. The summed E-state index contributed by atoms with van der Waals surface area (Å²) in [5.41, 5.74) is 5.78. The predicted octanol–water partition coefficient (Wildman–Crippen LogP) is 0.828. The van der Waals surface area contributed by atoms with Gasteiger partial charge in [0.05, 0.1) is 17.5 Å². The summed E-state index contributed by atoms with van der Waals surface area (Å²) in [6.07, 6.45) is -0.895. The quantitative estimate of drug-likeness (QED) is 0.533. The minimum Gasteiger partial charge on any atom is -0.338 e. The Morgan fingerprint density at radius 1 is 1.11 bits per heavy atom. The molecule has 1 fully saturated rings. The van der Waals surface area contributed by atoms with E-state index >= 15 is 0 Å². The van der Waals surface area contributed by atoms with Crippen LogP contribution in [-0.4, -0.2) is 41.1 Å². The summed E-state index contributed by atoms with van der Waals surface area (Å²) >= 11 is 1.18. The third-order valence-electron chi connectivity index (χ3n) is 4.14. The van der Waals surface area contributed by atoms with Crippen molar-refractivity contribution in [3.05, 3.63) is 71.5 Å². The fraction of sp³-hybridized carbons (Fsp3) is 0.211. The highest BCUT2D eigenvalue weighted by atomic mass is 32.2. The first-order valence-electron chi connectivity index (χ1n) is 8.53. The molecule has 0 aliphatic carbocycles. The largest absolute Gasteiger partial charge is 0.338 e. The SMILES string of the molecule is NC1NC(SCC(=O)c2ccccc2)NC(=O)C1NC(=O)c1ccccc1F. The van der Waals surface area contributed by atoms with Gasteiger partial charge in [-0.3, -0.25) is 19.7 Å². The summed E-state index contributed by atoms with van der Waals surface area (Å²) < 4.78 is 13.7. The number of benzene rings is 2. The number of Topliss-reactive ketones (excluding diaryl/α,β-unsaturated/α-hetero) is 1. The monoisotopic (exact) mass is 402 g/mol. The zero-order valence-electron chi connectivity index (χ0n) is 14.7. The molecule has 2 aromatic rings. The van der Waals surface area contributed by atoms with Crippen molar-refractivity contribution in [2.75, 3.05) is 5.75 Å². The molecule has 0 spiro atoms. The van der Waals surface area contributed by atoms with E-state index in [4.69, 9.17) is 5.73 Å². The van der Waals surface area contributed by atoms with Crippen LogP contribution in [0.2, 0.25) is 0 Å². The van der Waals surface area contributed by atoms with Crippen molar-refractivity contribution in [2.45, 2.75) is 17.7 Å². The number of carbonyl (C=O) groups excluding carboxylic acids is 3. The van der Waals surface area contributed by atoms with Crippen LogP contribution in [0.25, 0.3) is 0 Å². The Morgan fingerprint density at radius 3 is 2.46 bits per heavy atom. The molecule has 0 radical (unpaired) electrons. The van der Waals surface area contributed by atoms with Gasteiger partial charge in [-0.25, -0.2) is 4.39 Å². The van der Waals surface area contributed by atoms with Gasteiger partial charge in [0.15, 0.2) is 5.78 Å². The minimum atomic E-state index is -1.08. The highest BCUT2D eigenvalue weighted by Gasteiger charge is 2.35. The van der Waals surface area contributed by atoms with E-state index in [-0.39, 0.29) is 17.1 Å². The summed E-state index contributed by atoms with van der Waals surface area (Å²) in [6.45, 7) is 0. The van der Waals surface area contributed by atoms with Crippen LogP contribution in [-0.2, 0) is 4.79 Å². The van der Waals surface area contributed by atoms with Gasteiger partial charge >= 0.3 is 0 Å². The smallest absolute Gasteiger partial charge is 0.254 e. The van der Waals surface area contributed by atoms with E-state index in [2.05, 4.69) is 16.0 Å². The molecule has 0 bridgehead atoms. The van der Waals surface area contributed by atoms with Gasteiger partial charge in [-0.2, -0.15) is 0 Å². The van der Waals surface area contributed by atoms with Gasteiger partial charge in [0.25, 0.3) is 5.91 Å². The van der Waals surface area contributed by atoms with Crippen molar-refractivity contribution in [1.29, 1.82) is 0 Å². The fourth-order valence-corrected chi connectivity index (χ4v) is 3.61. The number of thioether (sulfide) groups is 1. The van der Waals surface area contributed by atoms with Crippen molar-refractivity contribution >= 4 is 29.4 Å². The lowest BCUT2D eigenvalue weighted by Crippen LogP contribution is -2.70. The van der Waals surface area contributed by atoms with E-state index in [1.54, 1.807) is 24.3 Å². The normalized spacial score (nSPS) is 21.6. The molecule has 3 unspecified atom stereocenters.